The molecule has 2 aromatic rings. The van der Waals surface area contributed by atoms with Crippen molar-refractivity contribution in [1.82, 2.24) is 0 Å². The minimum absolute atomic E-state index is 0.0232. The molecule has 2 rings (SSSR count). The summed E-state index contributed by atoms with van der Waals surface area (Å²) in [6.45, 7) is 0.0232. The molecule has 0 amide bonds. The number of aliphatic hydroxyl groups excluding tert-OH is 1. The van der Waals surface area contributed by atoms with Crippen molar-refractivity contribution in [3.63, 3.8) is 0 Å². The van der Waals surface area contributed by atoms with Gasteiger partial charge in [0.2, 0.25) is 0 Å². The Kier molecular flexibility index (Phi) is 4.86. The second-order valence-corrected chi connectivity index (χ2v) is 4.93. The van der Waals surface area contributed by atoms with E-state index in [4.69, 9.17) is 33.2 Å². The van der Waals surface area contributed by atoms with Gasteiger partial charge in [0, 0.05) is 0 Å². The number of hydrogen-bond acceptors (Lipinski definition) is 3. The lowest BCUT2D eigenvalue weighted by Crippen LogP contribution is -2.10. The lowest BCUT2D eigenvalue weighted by Gasteiger charge is -2.14. The van der Waals surface area contributed by atoms with E-state index in [0.29, 0.717) is 26.9 Å². The van der Waals surface area contributed by atoms with E-state index in [9.17, 15) is 5.11 Å². The minimum atomic E-state index is -0.824. The first-order chi connectivity index (χ1) is 9.61. The third-order valence-electron chi connectivity index (χ3n) is 2.73. The van der Waals surface area contributed by atoms with Gasteiger partial charge in [-0.2, -0.15) is 5.26 Å². The standard InChI is InChI=1S/C15H11Cl2NO2/c16-12-2-1-3-13(17)15(12)20-9-14(19)11-6-4-10(8-18)5-7-11/h1-7,14,19H,9H2. The lowest BCUT2D eigenvalue weighted by molar-refractivity contribution is 0.108. The first kappa shape index (κ1) is 14.7. The van der Waals surface area contributed by atoms with Crippen molar-refractivity contribution in [3.8, 4) is 11.8 Å². The van der Waals surface area contributed by atoms with E-state index in [1.807, 2.05) is 6.07 Å². The third kappa shape index (κ3) is 3.43. The van der Waals surface area contributed by atoms with Crippen molar-refractivity contribution in [2.24, 2.45) is 0 Å². The number of hydrogen-bond donors (Lipinski definition) is 1. The smallest absolute Gasteiger partial charge is 0.156 e. The Balaban J connectivity index is 2.05. The Morgan fingerprint density at radius 3 is 2.25 bits per heavy atom. The summed E-state index contributed by atoms with van der Waals surface area (Å²) in [6.07, 6.45) is -0.824. The van der Waals surface area contributed by atoms with Gasteiger partial charge in [-0.1, -0.05) is 41.4 Å². The molecule has 2 aromatic carbocycles. The van der Waals surface area contributed by atoms with E-state index >= 15 is 0 Å². The van der Waals surface area contributed by atoms with Gasteiger partial charge in [0.15, 0.2) is 5.75 Å². The zero-order valence-electron chi connectivity index (χ0n) is 10.4. The predicted octanol–water partition coefficient (Wildman–Crippen LogP) is 3.98. The molecule has 0 saturated carbocycles. The van der Waals surface area contributed by atoms with Crippen LogP contribution in [-0.4, -0.2) is 11.7 Å². The third-order valence-corrected chi connectivity index (χ3v) is 3.32. The molecule has 102 valence electrons. The molecule has 0 aromatic heterocycles. The molecule has 0 bridgehead atoms. The average molecular weight is 308 g/mol. The van der Waals surface area contributed by atoms with Crippen LogP contribution in [0.4, 0.5) is 0 Å². The van der Waals surface area contributed by atoms with E-state index in [-0.39, 0.29) is 6.61 Å². The number of benzene rings is 2. The SMILES string of the molecule is N#Cc1ccc(C(O)COc2c(Cl)cccc2Cl)cc1. The second kappa shape index (κ2) is 6.62. The highest BCUT2D eigenvalue weighted by Crippen LogP contribution is 2.33. The summed E-state index contributed by atoms with van der Waals surface area (Å²) >= 11 is 11.9. The van der Waals surface area contributed by atoms with E-state index in [1.54, 1.807) is 42.5 Å². The van der Waals surface area contributed by atoms with Gasteiger partial charge in [-0.25, -0.2) is 0 Å². The molecule has 0 aliphatic rings. The molecule has 0 saturated heterocycles. The normalized spacial score (nSPS) is 11.7. The van der Waals surface area contributed by atoms with Crippen molar-refractivity contribution >= 4 is 23.2 Å². The maximum absolute atomic E-state index is 10.0. The Bertz CT molecular complexity index is 615. The summed E-state index contributed by atoms with van der Waals surface area (Å²) in [5, 5.41) is 19.5. The molecule has 1 N–H and O–H groups in total. The van der Waals surface area contributed by atoms with Crippen LogP contribution in [0.15, 0.2) is 42.5 Å². The molecule has 0 radical (unpaired) electrons. The molecular formula is C15H11Cl2NO2. The largest absolute Gasteiger partial charge is 0.487 e. The van der Waals surface area contributed by atoms with Gasteiger partial charge in [-0.05, 0) is 29.8 Å². The minimum Gasteiger partial charge on any atom is -0.487 e. The highest BCUT2D eigenvalue weighted by molar-refractivity contribution is 6.37. The maximum Gasteiger partial charge on any atom is 0.156 e. The summed E-state index contributed by atoms with van der Waals surface area (Å²) in [4.78, 5) is 0. The van der Waals surface area contributed by atoms with E-state index in [2.05, 4.69) is 0 Å². The van der Waals surface area contributed by atoms with E-state index < -0.39 is 6.10 Å². The topological polar surface area (TPSA) is 53.2 Å². The van der Waals surface area contributed by atoms with Gasteiger partial charge in [0.25, 0.3) is 0 Å². The molecule has 0 heterocycles. The molecule has 0 aliphatic heterocycles. The van der Waals surface area contributed by atoms with E-state index in [0.717, 1.165) is 0 Å². The predicted molar refractivity (Wildman–Crippen MR) is 78.1 cm³/mol. The molecule has 1 atom stereocenters. The number of para-hydroxylation sites is 1. The van der Waals surface area contributed by atoms with Crippen LogP contribution in [0.5, 0.6) is 5.75 Å². The number of halogens is 2. The Hall–Kier alpha value is -1.73. The Morgan fingerprint density at radius 2 is 1.70 bits per heavy atom. The Labute approximate surface area is 126 Å². The number of aliphatic hydroxyl groups is 1. The van der Waals surface area contributed by atoms with Crippen molar-refractivity contribution in [2.75, 3.05) is 6.61 Å². The average Bonchev–Trinajstić information content (AvgIpc) is 2.46. The van der Waals surface area contributed by atoms with E-state index in [1.165, 1.54) is 0 Å². The molecule has 1 unspecified atom stereocenters. The van der Waals surface area contributed by atoms with Crippen molar-refractivity contribution < 1.29 is 9.84 Å². The highest BCUT2D eigenvalue weighted by Gasteiger charge is 2.12. The fraction of sp³-hybridized carbons (Fsp3) is 0.133. The summed E-state index contributed by atoms with van der Waals surface area (Å²) in [7, 11) is 0. The van der Waals surface area contributed by atoms with Crippen LogP contribution in [0.2, 0.25) is 10.0 Å². The van der Waals surface area contributed by atoms with Crippen LogP contribution in [0, 0.1) is 11.3 Å². The molecular weight excluding hydrogens is 297 g/mol. The Morgan fingerprint density at radius 1 is 1.10 bits per heavy atom. The molecule has 5 heteroatoms. The fourth-order valence-electron chi connectivity index (χ4n) is 1.66. The number of rotatable bonds is 4. The molecule has 20 heavy (non-hydrogen) atoms. The first-order valence-corrected chi connectivity index (χ1v) is 6.62. The van der Waals surface area contributed by atoms with Gasteiger partial charge >= 0.3 is 0 Å². The molecule has 0 spiro atoms. The van der Waals surface area contributed by atoms with Gasteiger partial charge in [-0.3, -0.25) is 0 Å². The quantitative estimate of drug-likeness (QED) is 0.929. The van der Waals surface area contributed by atoms with Gasteiger partial charge in [0.05, 0.1) is 21.7 Å². The monoisotopic (exact) mass is 307 g/mol. The van der Waals surface area contributed by atoms with Crippen LogP contribution in [0.1, 0.15) is 17.2 Å². The second-order valence-electron chi connectivity index (χ2n) is 4.11. The zero-order chi connectivity index (χ0) is 14.5. The maximum atomic E-state index is 10.0. The van der Waals surface area contributed by atoms with Crippen LogP contribution >= 0.6 is 23.2 Å². The number of nitriles is 1. The number of nitrogens with zero attached hydrogens (tertiary/aromatic N) is 1. The first-order valence-electron chi connectivity index (χ1n) is 5.86. The van der Waals surface area contributed by atoms with Crippen molar-refractivity contribution in [1.29, 1.82) is 5.26 Å². The summed E-state index contributed by atoms with van der Waals surface area (Å²) < 4.78 is 5.46. The molecule has 0 aliphatic carbocycles. The summed E-state index contributed by atoms with van der Waals surface area (Å²) in [6, 6.07) is 13.7. The van der Waals surface area contributed by atoms with Gasteiger partial charge < -0.3 is 9.84 Å². The van der Waals surface area contributed by atoms with Crippen molar-refractivity contribution in [2.45, 2.75) is 6.10 Å². The zero-order valence-corrected chi connectivity index (χ0v) is 11.9. The fourth-order valence-corrected chi connectivity index (χ4v) is 2.17. The number of ether oxygens (including phenoxy) is 1. The summed E-state index contributed by atoms with van der Waals surface area (Å²) in [5.41, 5.74) is 1.20. The van der Waals surface area contributed by atoms with Crippen LogP contribution in [-0.2, 0) is 0 Å². The van der Waals surface area contributed by atoms with Crippen molar-refractivity contribution in [3.05, 3.63) is 63.6 Å². The molecule has 3 nitrogen and oxygen atoms in total. The summed E-state index contributed by atoms with van der Waals surface area (Å²) in [5.74, 6) is 0.350. The van der Waals surface area contributed by atoms with Gasteiger partial charge in [0.1, 0.15) is 12.7 Å². The lowest BCUT2D eigenvalue weighted by atomic mass is 10.1. The van der Waals surface area contributed by atoms with Crippen LogP contribution < -0.4 is 4.74 Å². The molecule has 0 fully saturated rings. The highest BCUT2D eigenvalue weighted by atomic mass is 35.5. The van der Waals surface area contributed by atoms with Gasteiger partial charge in [-0.15, -0.1) is 0 Å². The van der Waals surface area contributed by atoms with Crippen LogP contribution in [0.25, 0.3) is 0 Å². The van der Waals surface area contributed by atoms with Crippen LogP contribution in [0.3, 0.4) is 0 Å².